The molecule has 0 aliphatic carbocycles. The summed E-state index contributed by atoms with van der Waals surface area (Å²) in [6.45, 7) is 6.87. The maximum atomic E-state index is 11.9. The predicted molar refractivity (Wildman–Crippen MR) is 64.8 cm³/mol. The van der Waals surface area contributed by atoms with Crippen molar-refractivity contribution >= 4 is 5.91 Å². The Morgan fingerprint density at radius 2 is 1.88 bits per heavy atom. The largest absolute Gasteiger partial charge is 0.341 e. The standard InChI is InChI=1S/C13H20N2O/c1-13(2,3)9-12(16)15(4)10-11-5-7-14-8-6-11/h5-8H,9-10H2,1-4H3. The Morgan fingerprint density at radius 3 is 2.38 bits per heavy atom. The van der Waals surface area contributed by atoms with Gasteiger partial charge in [0.1, 0.15) is 0 Å². The van der Waals surface area contributed by atoms with Crippen LogP contribution in [0.5, 0.6) is 0 Å². The first-order chi connectivity index (χ1) is 7.38. The summed E-state index contributed by atoms with van der Waals surface area (Å²) in [6, 6.07) is 3.86. The molecule has 88 valence electrons. The number of rotatable bonds is 3. The highest BCUT2D eigenvalue weighted by Crippen LogP contribution is 2.19. The number of carbonyl (C=O) groups is 1. The maximum absolute atomic E-state index is 11.9. The average Bonchev–Trinajstić information content (AvgIpc) is 2.16. The summed E-state index contributed by atoms with van der Waals surface area (Å²) >= 11 is 0. The van der Waals surface area contributed by atoms with Crippen molar-refractivity contribution in [3.05, 3.63) is 30.1 Å². The molecule has 1 aromatic heterocycles. The minimum atomic E-state index is 0.0452. The number of hydrogen-bond donors (Lipinski definition) is 0. The molecule has 0 saturated carbocycles. The fraction of sp³-hybridized carbons (Fsp3) is 0.538. The van der Waals surface area contributed by atoms with Gasteiger partial charge in [0.15, 0.2) is 0 Å². The lowest BCUT2D eigenvalue weighted by Crippen LogP contribution is -2.29. The minimum Gasteiger partial charge on any atom is -0.341 e. The molecule has 0 aliphatic heterocycles. The van der Waals surface area contributed by atoms with Crippen molar-refractivity contribution in [2.45, 2.75) is 33.7 Å². The first kappa shape index (κ1) is 12.7. The molecule has 0 bridgehead atoms. The van der Waals surface area contributed by atoms with E-state index >= 15 is 0 Å². The quantitative estimate of drug-likeness (QED) is 0.784. The molecular formula is C13H20N2O. The molecule has 0 N–H and O–H groups in total. The highest BCUT2D eigenvalue weighted by Gasteiger charge is 2.18. The van der Waals surface area contributed by atoms with Gasteiger partial charge in [-0.2, -0.15) is 0 Å². The van der Waals surface area contributed by atoms with E-state index in [4.69, 9.17) is 0 Å². The molecule has 3 heteroatoms. The van der Waals surface area contributed by atoms with Crippen LogP contribution < -0.4 is 0 Å². The zero-order valence-corrected chi connectivity index (χ0v) is 10.5. The Labute approximate surface area is 97.5 Å². The topological polar surface area (TPSA) is 33.2 Å². The van der Waals surface area contributed by atoms with Gasteiger partial charge < -0.3 is 4.90 Å². The predicted octanol–water partition coefficient (Wildman–Crippen LogP) is 2.48. The molecule has 0 radical (unpaired) electrons. The van der Waals surface area contributed by atoms with Gasteiger partial charge in [-0.05, 0) is 23.1 Å². The van der Waals surface area contributed by atoms with Crippen LogP contribution in [0.2, 0.25) is 0 Å². The molecule has 16 heavy (non-hydrogen) atoms. The first-order valence-corrected chi connectivity index (χ1v) is 5.51. The van der Waals surface area contributed by atoms with Gasteiger partial charge in [-0.3, -0.25) is 9.78 Å². The summed E-state index contributed by atoms with van der Waals surface area (Å²) in [4.78, 5) is 17.6. The van der Waals surface area contributed by atoms with E-state index < -0.39 is 0 Å². The first-order valence-electron chi connectivity index (χ1n) is 5.51. The second-order valence-electron chi connectivity index (χ2n) is 5.34. The third-order valence-electron chi connectivity index (χ3n) is 2.28. The normalized spacial score (nSPS) is 11.2. The van der Waals surface area contributed by atoms with Crippen molar-refractivity contribution in [2.24, 2.45) is 5.41 Å². The van der Waals surface area contributed by atoms with Crippen LogP contribution in [0.25, 0.3) is 0 Å². The highest BCUT2D eigenvalue weighted by molar-refractivity contribution is 5.76. The van der Waals surface area contributed by atoms with Crippen molar-refractivity contribution in [3.8, 4) is 0 Å². The van der Waals surface area contributed by atoms with E-state index in [9.17, 15) is 4.79 Å². The van der Waals surface area contributed by atoms with Gasteiger partial charge in [-0.25, -0.2) is 0 Å². The molecule has 3 nitrogen and oxygen atoms in total. The molecule has 0 saturated heterocycles. The SMILES string of the molecule is CN(Cc1ccncc1)C(=O)CC(C)(C)C. The van der Waals surface area contributed by atoms with Crippen molar-refractivity contribution in [2.75, 3.05) is 7.05 Å². The average molecular weight is 220 g/mol. The Kier molecular flexibility index (Phi) is 4.05. The maximum Gasteiger partial charge on any atom is 0.223 e. The molecule has 0 spiro atoms. The number of hydrogen-bond acceptors (Lipinski definition) is 2. The molecule has 1 heterocycles. The third kappa shape index (κ3) is 4.43. The van der Waals surface area contributed by atoms with Crippen molar-refractivity contribution in [3.63, 3.8) is 0 Å². The lowest BCUT2D eigenvalue weighted by atomic mass is 9.91. The van der Waals surface area contributed by atoms with E-state index in [1.165, 1.54) is 0 Å². The fourth-order valence-electron chi connectivity index (χ4n) is 1.44. The Hall–Kier alpha value is -1.38. The monoisotopic (exact) mass is 220 g/mol. The van der Waals surface area contributed by atoms with Gasteiger partial charge in [0, 0.05) is 32.4 Å². The second kappa shape index (κ2) is 5.10. The summed E-state index contributed by atoms with van der Waals surface area (Å²) in [5.74, 6) is 0.185. The number of carbonyl (C=O) groups excluding carboxylic acids is 1. The summed E-state index contributed by atoms with van der Waals surface area (Å²) in [5.41, 5.74) is 1.16. The van der Waals surface area contributed by atoms with Crippen LogP contribution in [-0.2, 0) is 11.3 Å². The van der Waals surface area contributed by atoms with Gasteiger partial charge >= 0.3 is 0 Å². The zero-order chi connectivity index (χ0) is 12.2. The molecule has 1 aromatic rings. The molecule has 0 aromatic carbocycles. The van der Waals surface area contributed by atoms with E-state index in [0.29, 0.717) is 13.0 Å². The fourth-order valence-corrected chi connectivity index (χ4v) is 1.44. The van der Waals surface area contributed by atoms with Gasteiger partial charge in [0.05, 0.1) is 0 Å². The van der Waals surface area contributed by atoms with Crippen LogP contribution in [0.3, 0.4) is 0 Å². The smallest absolute Gasteiger partial charge is 0.223 e. The van der Waals surface area contributed by atoms with Crippen LogP contribution in [-0.4, -0.2) is 22.8 Å². The summed E-state index contributed by atoms with van der Waals surface area (Å²) in [6.07, 6.45) is 4.07. The van der Waals surface area contributed by atoms with E-state index in [1.807, 2.05) is 19.2 Å². The second-order valence-corrected chi connectivity index (χ2v) is 5.34. The molecular weight excluding hydrogens is 200 g/mol. The van der Waals surface area contributed by atoms with Crippen LogP contribution in [0, 0.1) is 5.41 Å². The molecule has 0 fully saturated rings. The van der Waals surface area contributed by atoms with E-state index in [1.54, 1.807) is 17.3 Å². The molecule has 0 atom stereocenters. The number of amides is 1. The summed E-state index contributed by atoms with van der Waals surface area (Å²) < 4.78 is 0. The summed E-state index contributed by atoms with van der Waals surface area (Å²) in [5, 5.41) is 0. The van der Waals surface area contributed by atoms with E-state index in [0.717, 1.165) is 5.56 Å². The molecule has 1 rings (SSSR count). The number of nitrogens with zero attached hydrogens (tertiary/aromatic N) is 2. The van der Waals surface area contributed by atoms with Gasteiger partial charge in [-0.15, -0.1) is 0 Å². The molecule has 0 unspecified atom stereocenters. The Balaban J connectivity index is 2.53. The van der Waals surface area contributed by atoms with Crippen molar-refractivity contribution < 1.29 is 4.79 Å². The van der Waals surface area contributed by atoms with Crippen molar-refractivity contribution in [1.82, 2.24) is 9.88 Å². The molecule has 1 amide bonds. The number of aromatic nitrogens is 1. The lowest BCUT2D eigenvalue weighted by Gasteiger charge is -2.23. The molecule has 0 aliphatic rings. The zero-order valence-electron chi connectivity index (χ0n) is 10.5. The lowest BCUT2D eigenvalue weighted by molar-refractivity contribution is -0.132. The number of pyridine rings is 1. The minimum absolute atomic E-state index is 0.0452. The van der Waals surface area contributed by atoms with Crippen molar-refractivity contribution in [1.29, 1.82) is 0 Å². The van der Waals surface area contributed by atoms with E-state index in [-0.39, 0.29) is 11.3 Å². The van der Waals surface area contributed by atoms with Gasteiger partial charge in [-0.1, -0.05) is 20.8 Å². The highest BCUT2D eigenvalue weighted by atomic mass is 16.2. The van der Waals surface area contributed by atoms with E-state index in [2.05, 4.69) is 25.8 Å². The van der Waals surface area contributed by atoms with Crippen LogP contribution in [0.4, 0.5) is 0 Å². The Bertz CT molecular complexity index is 341. The van der Waals surface area contributed by atoms with Gasteiger partial charge in [0.25, 0.3) is 0 Å². The van der Waals surface area contributed by atoms with Gasteiger partial charge in [0.2, 0.25) is 5.91 Å². The Morgan fingerprint density at radius 1 is 1.31 bits per heavy atom. The third-order valence-corrected chi connectivity index (χ3v) is 2.28. The summed E-state index contributed by atoms with van der Waals surface area (Å²) in [7, 11) is 1.84. The van der Waals surface area contributed by atoms with Crippen LogP contribution >= 0.6 is 0 Å². The van der Waals surface area contributed by atoms with Crippen LogP contribution in [0.15, 0.2) is 24.5 Å². The van der Waals surface area contributed by atoms with Crippen LogP contribution in [0.1, 0.15) is 32.8 Å².